The van der Waals surface area contributed by atoms with Gasteiger partial charge in [-0.25, -0.2) is 0 Å². The van der Waals surface area contributed by atoms with E-state index in [0.29, 0.717) is 10.9 Å². The highest BCUT2D eigenvalue weighted by atomic mass is 16.5. The van der Waals surface area contributed by atoms with Crippen LogP contribution in [0.1, 0.15) is 10.5 Å². The van der Waals surface area contributed by atoms with Gasteiger partial charge in [-0.2, -0.15) is 0 Å². The Hall–Kier alpha value is -2.63. The molecule has 0 unspecified atom stereocenters. The molecule has 98 valence electrons. The summed E-state index contributed by atoms with van der Waals surface area (Å²) in [5, 5.41) is 2.86. The van der Waals surface area contributed by atoms with Gasteiger partial charge in [-0.05, 0) is 12.1 Å². The van der Waals surface area contributed by atoms with Crippen LogP contribution in [-0.2, 0) is 9.53 Å². The number of esters is 1. The number of H-pyrrole nitrogens is 1. The van der Waals surface area contributed by atoms with E-state index in [4.69, 9.17) is 0 Å². The van der Waals surface area contributed by atoms with Crippen LogP contribution >= 0.6 is 0 Å². The number of methoxy groups -OCH3 is 1. The third kappa shape index (κ3) is 2.79. The molecule has 1 amide bonds. The number of rotatable bonds is 3. The van der Waals surface area contributed by atoms with E-state index >= 15 is 0 Å². The molecule has 0 saturated carbocycles. The summed E-state index contributed by atoms with van der Waals surface area (Å²) in [4.78, 5) is 37.3. The van der Waals surface area contributed by atoms with Gasteiger partial charge in [0.15, 0.2) is 5.43 Å². The Labute approximate surface area is 108 Å². The van der Waals surface area contributed by atoms with Crippen molar-refractivity contribution in [2.75, 3.05) is 13.7 Å². The average molecular weight is 260 g/mol. The van der Waals surface area contributed by atoms with Gasteiger partial charge >= 0.3 is 5.97 Å². The van der Waals surface area contributed by atoms with Crippen molar-refractivity contribution in [1.82, 2.24) is 10.3 Å². The number of benzene rings is 1. The topological polar surface area (TPSA) is 88.3 Å². The molecule has 19 heavy (non-hydrogen) atoms. The van der Waals surface area contributed by atoms with E-state index in [2.05, 4.69) is 15.0 Å². The molecule has 1 aromatic heterocycles. The molecule has 2 aromatic rings. The molecular weight excluding hydrogens is 248 g/mol. The number of fused-ring (bicyclic) bond motifs is 1. The molecule has 0 aliphatic carbocycles. The fourth-order valence-electron chi connectivity index (χ4n) is 1.64. The highest BCUT2D eigenvalue weighted by Gasteiger charge is 2.10. The van der Waals surface area contributed by atoms with E-state index in [1.165, 1.54) is 13.2 Å². The Morgan fingerprint density at radius 2 is 2.05 bits per heavy atom. The molecule has 0 radical (unpaired) electrons. The fraction of sp³-hybridized carbons (Fsp3) is 0.154. The molecule has 2 rings (SSSR count). The van der Waals surface area contributed by atoms with E-state index in [-0.39, 0.29) is 17.7 Å². The second kappa shape index (κ2) is 5.34. The number of aromatic amines is 1. The third-order valence-corrected chi connectivity index (χ3v) is 2.60. The van der Waals surface area contributed by atoms with Crippen molar-refractivity contribution in [3.05, 3.63) is 46.2 Å². The van der Waals surface area contributed by atoms with Crippen LogP contribution in [0.3, 0.4) is 0 Å². The Morgan fingerprint density at radius 3 is 2.79 bits per heavy atom. The van der Waals surface area contributed by atoms with Gasteiger partial charge in [0.05, 0.1) is 7.11 Å². The van der Waals surface area contributed by atoms with Gasteiger partial charge in [-0.1, -0.05) is 12.1 Å². The first kappa shape index (κ1) is 12.8. The van der Waals surface area contributed by atoms with Crippen molar-refractivity contribution in [3.63, 3.8) is 0 Å². The minimum Gasteiger partial charge on any atom is -0.468 e. The quantitative estimate of drug-likeness (QED) is 0.783. The molecule has 0 saturated heterocycles. The van der Waals surface area contributed by atoms with Gasteiger partial charge in [0.25, 0.3) is 5.91 Å². The molecule has 0 fully saturated rings. The van der Waals surface area contributed by atoms with Crippen molar-refractivity contribution < 1.29 is 14.3 Å². The number of hydrogen-bond donors (Lipinski definition) is 2. The summed E-state index contributed by atoms with van der Waals surface area (Å²) in [5.41, 5.74) is 0.420. The molecule has 6 heteroatoms. The molecule has 2 N–H and O–H groups in total. The summed E-state index contributed by atoms with van der Waals surface area (Å²) in [7, 11) is 1.23. The maximum Gasteiger partial charge on any atom is 0.325 e. The zero-order chi connectivity index (χ0) is 13.8. The second-order valence-electron chi connectivity index (χ2n) is 3.85. The van der Waals surface area contributed by atoms with Gasteiger partial charge in [0, 0.05) is 17.0 Å². The van der Waals surface area contributed by atoms with Crippen LogP contribution in [0, 0.1) is 0 Å². The molecule has 1 aromatic carbocycles. The van der Waals surface area contributed by atoms with E-state index < -0.39 is 11.9 Å². The van der Waals surface area contributed by atoms with Crippen LogP contribution < -0.4 is 10.7 Å². The van der Waals surface area contributed by atoms with Crippen molar-refractivity contribution in [3.8, 4) is 0 Å². The van der Waals surface area contributed by atoms with E-state index in [1.54, 1.807) is 24.3 Å². The monoisotopic (exact) mass is 260 g/mol. The zero-order valence-corrected chi connectivity index (χ0v) is 10.2. The predicted octanol–water partition coefficient (Wildman–Crippen LogP) is 0.431. The van der Waals surface area contributed by atoms with Crippen LogP contribution in [0.2, 0.25) is 0 Å². The number of para-hydroxylation sites is 1. The lowest BCUT2D eigenvalue weighted by Crippen LogP contribution is -2.31. The number of amides is 1. The van der Waals surface area contributed by atoms with Crippen LogP contribution in [0.4, 0.5) is 0 Å². The van der Waals surface area contributed by atoms with Crippen molar-refractivity contribution >= 4 is 22.8 Å². The van der Waals surface area contributed by atoms with Crippen LogP contribution in [0.25, 0.3) is 10.9 Å². The molecule has 0 aliphatic rings. The summed E-state index contributed by atoms with van der Waals surface area (Å²) >= 11 is 0. The molecule has 6 nitrogen and oxygen atoms in total. The lowest BCUT2D eigenvalue weighted by molar-refractivity contribution is -0.139. The Morgan fingerprint density at radius 1 is 1.32 bits per heavy atom. The van der Waals surface area contributed by atoms with Gasteiger partial charge in [0.2, 0.25) is 0 Å². The first-order valence-corrected chi connectivity index (χ1v) is 5.59. The highest BCUT2D eigenvalue weighted by molar-refractivity contribution is 5.96. The lowest BCUT2D eigenvalue weighted by Gasteiger charge is -2.05. The Kier molecular flexibility index (Phi) is 3.61. The first-order chi connectivity index (χ1) is 9.11. The van der Waals surface area contributed by atoms with E-state index in [1.807, 2.05) is 0 Å². The summed E-state index contributed by atoms with van der Waals surface area (Å²) in [6.07, 6.45) is 0. The lowest BCUT2D eigenvalue weighted by atomic mass is 10.2. The highest BCUT2D eigenvalue weighted by Crippen LogP contribution is 2.07. The molecule has 1 heterocycles. The standard InChI is InChI=1S/C13H12N2O4/c1-19-12(17)7-14-13(18)10-6-11(16)8-4-2-3-5-9(8)15-10/h2-6H,7H2,1H3,(H,14,18)(H,15,16). The summed E-state index contributed by atoms with van der Waals surface area (Å²) in [6.45, 7) is -0.246. The SMILES string of the molecule is COC(=O)CNC(=O)c1cc(=O)c2ccccc2[nH]1. The molecule has 0 atom stereocenters. The average Bonchev–Trinajstić information content (AvgIpc) is 2.44. The summed E-state index contributed by atoms with van der Waals surface area (Å²) < 4.78 is 4.40. The Balaban J connectivity index is 2.28. The van der Waals surface area contributed by atoms with E-state index in [0.717, 1.165) is 0 Å². The van der Waals surface area contributed by atoms with Crippen molar-refractivity contribution in [2.24, 2.45) is 0 Å². The molecule has 0 spiro atoms. The zero-order valence-electron chi connectivity index (χ0n) is 10.2. The third-order valence-electron chi connectivity index (χ3n) is 2.60. The predicted molar refractivity (Wildman–Crippen MR) is 68.9 cm³/mol. The van der Waals surface area contributed by atoms with Gasteiger partial charge in [-0.3, -0.25) is 14.4 Å². The minimum atomic E-state index is -0.559. The molecular formula is C13H12N2O4. The number of carbonyl (C=O) groups is 2. The van der Waals surface area contributed by atoms with Gasteiger partial charge < -0.3 is 15.0 Å². The largest absolute Gasteiger partial charge is 0.468 e. The number of hydrogen-bond acceptors (Lipinski definition) is 4. The second-order valence-corrected chi connectivity index (χ2v) is 3.85. The van der Waals surface area contributed by atoms with Crippen LogP contribution in [0.15, 0.2) is 35.1 Å². The van der Waals surface area contributed by atoms with Crippen LogP contribution in [-0.4, -0.2) is 30.5 Å². The maximum atomic E-state index is 11.8. The molecule has 0 aliphatic heterocycles. The number of aromatic nitrogens is 1. The number of ether oxygens (including phenoxy) is 1. The van der Waals surface area contributed by atoms with Crippen molar-refractivity contribution in [1.29, 1.82) is 0 Å². The summed E-state index contributed by atoms with van der Waals surface area (Å²) in [5.74, 6) is -1.09. The molecule has 0 bridgehead atoms. The Bertz CT molecular complexity index is 690. The summed E-state index contributed by atoms with van der Waals surface area (Å²) in [6, 6.07) is 8.08. The van der Waals surface area contributed by atoms with Crippen LogP contribution in [0.5, 0.6) is 0 Å². The normalized spacial score (nSPS) is 10.2. The smallest absolute Gasteiger partial charge is 0.325 e. The number of nitrogens with one attached hydrogen (secondary N) is 2. The van der Waals surface area contributed by atoms with Gasteiger partial charge in [0.1, 0.15) is 12.2 Å². The maximum absolute atomic E-state index is 11.8. The van der Waals surface area contributed by atoms with E-state index in [9.17, 15) is 14.4 Å². The van der Waals surface area contributed by atoms with Crippen molar-refractivity contribution in [2.45, 2.75) is 0 Å². The minimum absolute atomic E-state index is 0.104. The first-order valence-electron chi connectivity index (χ1n) is 5.59. The fourth-order valence-corrected chi connectivity index (χ4v) is 1.64. The van der Waals surface area contributed by atoms with Gasteiger partial charge in [-0.15, -0.1) is 0 Å². The number of carbonyl (C=O) groups excluding carboxylic acids is 2. The number of pyridine rings is 1.